The minimum Gasteiger partial charge on any atom is -0.481 e. The van der Waals surface area contributed by atoms with Crippen LogP contribution in [0.3, 0.4) is 0 Å². The lowest BCUT2D eigenvalue weighted by Gasteiger charge is -2.20. The number of carboxylic acids is 1. The maximum atomic E-state index is 10.7. The molecule has 0 aliphatic carbocycles. The van der Waals surface area contributed by atoms with Gasteiger partial charge in [-0.3, -0.25) is 14.9 Å². The molecule has 0 spiro atoms. The van der Waals surface area contributed by atoms with Crippen LogP contribution >= 0.6 is 0 Å². The Labute approximate surface area is 104 Å². The van der Waals surface area contributed by atoms with E-state index in [0.29, 0.717) is 18.1 Å². The number of nitro groups is 1. The van der Waals surface area contributed by atoms with Gasteiger partial charge < -0.3 is 10.0 Å². The Hall–Kier alpha value is -2.18. The van der Waals surface area contributed by atoms with Crippen LogP contribution in [0.25, 0.3) is 0 Å². The summed E-state index contributed by atoms with van der Waals surface area (Å²) in [7, 11) is 1.70. The van der Waals surface area contributed by atoms with Gasteiger partial charge in [-0.1, -0.05) is 6.92 Å². The summed E-state index contributed by atoms with van der Waals surface area (Å²) in [5.41, 5.74) is 0.269. The Bertz CT molecular complexity index is 475. The summed E-state index contributed by atoms with van der Waals surface area (Å²) in [6, 6.07) is 2.89. The Morgan fingerprint density at radius 3 is 2.67 bits per heavy atom. The van der Waals surface area contributed by atoms with Crippen molar-refractivity contribution in [3.05, 3.63) is 27.9 Å². The number of carbonyl (C=O) groups is 1. The average molecular weight is 253 g/mol. The number of aromatic nitrogens is 1. The zero-order valence-electron chi connectivity index (χ0n) is 10.5. The highest BCUT2D eigenvalue weighted by molar-refractivity contribution is 5.70. The van der Waals surface area contributed by atoms with Crippen LogP contribution in [-0.4, -0.2) is 34.6 Å². The molecule has 1 rings (SSSR count). The third-order valence-electron chi connectivity index (χ3n) is 2.60. The predicted molar refractivity (Wildman–Crippen MR) is 65.7 cm³/mol. The van der Waals surface area contributed by atoms with E-state index in [9.17, 15) is 14.9 Å². The molecule has 0 aliphatic rings. The predicted octanol–water partition coefficient (Wildman–Crippen LogP) is 1.46. The van der Waals surface area contributed by atoms with Crippen LogP contribution in [0, 0.1) is 23.0 Å². The molecule has 1 atom stereocenters. The molecule has 0 saturated carbocycles. The molecule has 1 heterocycles. The van der Waals surface area contributed by atoms with Crippen LogP contribution in [0.15, 0.2) is 12.1 Å². The molecular weight excluding hydrogens is 238 g/mol. The van der Waals surface area contributed by atoms with Crippen LogP contribution in [0.2, 0.25) is 0 Å². The fourth-order valence-electron chi connectivity index (χ4n) is 1.53. The van der Waals surface area contributed by atoms with Gasteiger partial charge in [0.25, 0.3) is 5.69 Å². The Kier molecular flexibility index (Phi) is 4.19. The van der Waals surface area contributed by atoms with E-state index >= 15 is 0 Å². The molecule has 7 heteroatoms. The van der Waals surface area contributed by atoms with Crippen molar-refractivity contribution in [3.8, 4) is 0 Å². The minimum atomic E-state index is -0.888. The second-order valence-electron chi connectivity index (χ2n) is 4.15. The molecule has 1 unspecified atom stereocenters. The number of carboxylic acid groups (broad SMARTS) is 1. The Balaban J connectivity index is 2.88. The van der Waals surface area contributed by atoms with Crippen molar-refractivity contribution in [1.82, 2.24) is 4.98 Å². The minimum absolute atomic E-state index is 0.0431. The molecule has 1 aromatic heterocycles. The molecule has 0 saturated heterocycles. The van der Waals surface area contributed by atoms with Gasteiger partial charge in [0.15, 0.2) is 0 Å². The maximum absolute atomic E-state index is 10.7. The summed E-state index contributed by atoms with van der Waals surface area (Å²) in [4.78, 5) is 26.7. The monoisotopic (exact) mass is 253 g/mol. The topological polar surface area (TPSA) is 96.6 Å². The molecule has 18 heavy (non-hydrogen) atoms. The van der Waals surface area contributed by atoms with Crippen molar-refractivity contribution < 1.29 is 14.8 Å². The van der Waals surface area contributed by atoms with Crippen molar-refractivity contribution >= 4 is 17.5 Å². The number of aliphatic carboxylic acids is 1. The van der Waals surface area contributed by atoms with Gasteiger partial charge in [-0.15, -0.1) is 0 Å². The fourth-order valence-corrected chi connectivity index (χ4v) is 1.53. The molecule has 1 N–H and O–H groups in total. The largest absolute Gasteiger partial charge is 0.481 e. The lowest BCUT2D eigenvalue weighted by Crippen LogP contribution is -2.29. The van der Waals surface area contributed by atoms with Crippen molar-refractivity contribution in [3.63, 3.8) is 0 Å². The summed E-state index contributed by atoms with van der Waals surface area (Å²) in [6.45, 7) is 3.44. The highest BCUT2D eigenvalue weighted by atomic mass is 16.6. The Morgan fingerprint density at radius 2 is 2.22 bits per heavy atom. The van der Waals surface area contributed by atoms with Gasteiger partial charge in [0.1, 0.15) is 11.5 Å². The smallest absolute Gasteiger partial charge is 0.308 e. The summed E-state index contributed by atoms with van der Waals surface area (Å²) < 4.78 is 0. The SMILES string of the molecule is Cc1nc(N(C)CC(C)C(=O)O)ccc1[N+](=O)[O-]. The second-order valence-corrected chi connectivity index (χ2v) is 4.15. The van der Waals surface area contributed by atoms with Crippen molar-refractivity contribution in [1.29, 1.82) is 0 Å². The van der Waals surface area contributed by atoms with E-state index in [4.69, 9.17) is 5.11 Å². The third kappa shape index (κ3) is 3.16. The number of hydrogen-bond donors (Lipinski definition) is 1. The van der Waals surface area contributed by atoms with Crippen LogP contribution in [0.1, 0.15) is 12.6 Å². The molecule has 0 fully saturated rings. The van der Waals surface area contributed by atoms with E-state index in [1.807, 2.05) is 0 Å². The van der Waals surface area contributed by atoms with Gasteiger partial charge in [-0.2, -0.15) is 0 Å². The molecule has 0 radical (unpaired) electrons. The van der Waals surface area contributed by atoms with Crippen molar-refractivity contribution in [2.24, 2.45) is 5.92 Å². The molecule has 0 bridgehead atoms. The van der Waals surface area contributed by atoms with Gasteiger partial charge in [0.2, 0.25) is 0 Å². The number of rotatable bonds is 5. The first-order valence-corrected chi connectivity index (χ1v) is 5.39. The average Bonchev–Trinajstić information content (AvgIpc) is 2.27. The standard InChI is InChI=1S/C11H15N3O4/c1-7(11(15)16)6-13(3)10-5-4-9(14(17)18)8(2)12-10/h4-5,7H,6H2,1-3H3,(H,15,16). The van der Waals surface area contributed by atoms with Crippen molar-refractivity contribution in [2.75, 3.05) is 18.5 Å². The van der Waals surface area contributed by atoms with E-state index in [1.54, 1.807) is 25.8 Å². The summed E-state index contributed by atoms with van der Waals surface area (Å²) >= 11 is 0. The molecule has 98 valence electrons. The summed E-state index contributed by atoms with van der Waals surface area (Å²) in [5.74, 6) is -0.904. The molecule has 7 nitrogen and oxygen atoms in total. The first kappa shape index (κ1) is 13.9. The fraction of sp³-hybridized carbons (Fsp3) is 0.455. The molecule has 0 aromatic carbocycles. The first-order chi connectivity index (χ1) is 8.32. The molecular formula is C11H15N3O4. The number of anilines is 1. The second kappa shape index (κ2) is 5.44. The van der Waals surface area contributed by atoms with Crippen LogP contribution in [-0.2, 0) is 4.79 Å². The molecule has 0 aliphatic heterocycles. The normalized spacial score (nSPS) is 11.9. The van der Waals surface area contributed by atoms with E-state index in [0.717, 1.165) is 0 Å². The van der Waals surface area contributed by atoms with Gasteiger partial charge in [-0.25, -0.2) is 4.98 Å². The highest BCUT2D eigenvalue weighted by Gasteiger charge is 2.17. The number of nitrogens with zero attached hydrogens (tertiary/aromatic N) is 3. The zero-order chi connectivity index (χ0) is 13.9. The van der Waals surface area contributed by atoms with E-state index in [1.165, 1.54) is 12.1 Å². The van der Waals surface area contributed by atoms with Gasteiger partial charge in [-0.05, 0) is 13.0 Å². The van der Waals surface area contributed by atoms with Gasteiger partial charge >= 0.3 is 5.97 Å². The third-order valence-corrected chi connectivity index (χ3v) is 2.60. The number of aryl methyl sites for hydroxylation is 1. The van der Waals surface area contributed by atoms with E-state index in [-0.39, 0.29) is 5.69 Å². The lowest BCUT2D eigenvalue weighted by molar-refractivity contribution is -0.385. The Morgan fingerprint density at radius 1 is 1.61 bits per heavy atom. The highest BCUT2D eigenvalue weighted by Crippen LogP contribution is 2.20. The molecule has 0 amide bonds. The van der Waals surface area contributed by atoms with Gasteiger partial charge in [0, 0.05) is 19.7 Å². The lowest BCUT2D eigenvalue weighted by atomic mass is 10.2. The van der Waals surface area contributed by atoms with E-state index in [2.05, 4.69) is 4.98 Å². The molecule has 1 aromatic rings. The van der Waals surface area contributed by atoms with Crippen LogP contribution in [0.5, 0.6) is 0 Å². The number of pyridine rings is 1. The van der Waals surface area contributed by atoms with E-state index < -0.39 is 16.8 Å². The van der Waals surface area contributed by atoms with Crippen LogP contribution < -0.4 is 4.90 Å². The first-order valence-electron chi connectivity index (χ1n) is 5.39. The van der Waals surface area contributed by atoms with Gasteiger partial charge in [0.05, 0.1) is 10.8 Å². The van der Waals surface area contributed by atoms with Crippen LogP contribution in [0.4, 0.5) is 11.5 Å². The quantitative estimate of drug-likeness (QED) is 0.630. The maximum Gasteiger partial charge on any atom is 0.308 e. The number of hydrogen-bond acceptors (Lipinski definition) is 5. The summed E-state index contributed by atoms with van der Waals surface area (Å²) in [6.07, 6.45) is 0. The zero-order valence-corrected chi connectivity index (χ0v) is 10.5. The van der Waals surface area contributed by atoms with Crippen molar-refractivity contribution in [2.45, 2.75) is 13.8 Å². The summed E-state index contributed by atoms with van der Waals surface area (Å²) in [5, 5.41) is 19.5.